The molecule has 1 rings (SSSR count). The Bertz CT molecular complexity index is 307. The first-order valence-corrected chi connectivity index (χ1v) is 10.1. The van der Waals surface area contributed by atoms with Gasteiger partial charge in [0.05, 0.1) is 0 Å². The molecule has 0 fully saturated rings. The molecule has 0 aromatic carbocycles. The molecule has 0 aliphatic carbocycles. The second-order valence-corrected chi connectivity index (χ2v) is 6.92. The summed E-state index contributed by atoms with van der Waals surface area (Å²) in [7, 11) is 0. The van der Waals surface area contributed by atoms with Crippen molar-refractivity contribution in [2.75, 3.05) is 6.54 Å². The van der Waals surface area contributed by atoms with Gasteiger partial charge in [0.1, 0.15) is 0 Å². The highest BCUT2D eigenvalue weighted by molar-refractivity contribution is 7.07. The second kappa shape index (κ2) is 13.3. The molecule has 0 amide bonds. The highest BCUT2D eigenvalue weighted by Gasteiger charge is 2.09. The molecule has 0 saturated heterocycles. The van der Waals surface area contributed by atoms with Gasteiger partial charge >= 0.3 is 0 Å². The molecule has 0 radical (unpaired) electrons. The maximum atomic E-state index is 3.62. The molecule has 0 spiro atoms. The number of hydrogen-bond acceptors (Lipinski definition) is 2. The fourth-order valence-corrected chi connectivity index (χ4v) is 3.66. The molecule has 1 unspecified atom stereocenters. The lowest BCUT2D eigenvalue weighted by Gasteiger charge is -2.16. The van der Waals surface area contributed by atoms with Gasteiger partial charge < -0.3 is 5.32 Å². The minimum Gasteiger partial charge on any atom is -0.310 e. The van der Waals surface area contributed by atoms with E-state index in [0.29, 0.717) is 6.04 Å². The third-order valence-corrected chi connectivity index (χ3v) is 4.94. The molecule has 0 saturated carbocycles. The standard InChI is InChI=1S/C19H35NS/c1-3-5-6-7-8-9-10-11-12-13-14-19(20-4-2)18-15-16-21-17-18/h15-17,19-20H,3-14H2,1-2H3. The number of hydrogen-bond donors (Lipinski definition) is 1. The minimum atomic E-state index is 0.579. The lowest BCUT2D eigenvalue weighted by molar-refractivity contribution is 0.475. The maximum absolute atomic E-state index is 3.62. The first-order valence-electron chi connectivity index (χ1n) is 9.14. The lowest BCUT2D eigenvalue weighted by Crippen LogP contribution is -2.20. The smallest absolute Gasteiger partial charge is 0.0328 e. The third-order valence-electron chi connectivity index (χ3n) is 4.24. The largest absolute Gasteiger partial charge is 0.310 e. The molecule has 0 bridgehead atoms. The van der Waals surface area contributed by atoms with E-state index in [4.69, 9.17) is 0 Å². The monoisotopic (exact) mass is 309 g/mol. The van der Waals surface area contributed by atoms with Crippen LogP contribution in [0.3, 0.4) is 0 Å². The van der Waals surface area contributed by atoms with Crippen LogP contribution < -0.4 is 5.32 Å². The molecule has 0 aliphatic rings. The summed E-state index contributed by atoms with van der Waals surface area (Å²) in [5, 5.41) is 8.11. The van der Waals surface area contributed by atoms with E-state index in [-0.39, 0.29) is 0 Å². The van der Waals surface area contributed by atoms with Gasteiger partial charge in [0.25, 0.3) is 0 Å². The van der Waals surface area contributed by atoms with Crippen LogP contribution in [0.25, 0.3) is 0 Å². The van der Waals surface area contributed by atoms with E-state index in [1.165, 1.54) is 76.2 Å². The number of unbranched alkanes of at least 4 members (excludes halogenated alkanes) is 9. The van der Waals surface area contributed by atoms with Crippen LogP contribution in [0.4, 0.5) is 0 Å². The van der Waals surface area contributed by atoms with Gasteiger partial charge in [0.2, 0.25) is 0 Å². The Kier molecular flexibility index (Phi) is 11.9. The van der Waals surface area contributed by atoms with E-state index in [1.54, 1.807) is 0 Å². The summed E-state index contributed by atoms with van der Waals surface area (Å²) in [4.78, 5) is 0. The fraction of sp³-hybridized carbons (Fsp3) is 0.789. The Labute approximate surface area is 136 Å². The SMILES string of the molecule is CCCCCCCCCCCCC(NCC)c1ccsc1. The minimum absolute atomic E-state index is 0.579. The highest BCUT2D eigenvalue weighted by atomic mass is 32.1. The van der Waals surface area contributed by atoms with Gasteiger partial charge in [-0.15, -0.1) is 0 Å². The van der Waals surface area contributed by atoms with Gasteiger partial charge in [-0.05, 0) is 35.4 Å². The van der Waals surface area contributed by atoms with Crippen molar-refractivity contribution in [2.24, 2.45) is 0 Å². The topological polar surface area (TPSA) is 12.0 Å². The molecule has 1 aromatic rings. The predicted octanol–water partition coefficient (Wildman–Crippen LogP) is 6.71. The molecule has 2 heteroatoms. The second-order valence-electron chi connectivity index (χ2n) is 6.14. The number of rotatable bonds is 14. The zero-order valence-electron chi connectivity index (χ0n) is 14.2. The van der Waals surface area contributed by atoms with E-state index >= 15 is 0 Å². The number of nitrogens with one attached hydrogen (secondary N) is 1. The summed E-state index contributed by atoms with van der Waals surface area (Å²) in [6.45, 7) is 5.56. The Morgan fingerprint density at radius 2 is 1.52 bits per heavy atom. The van der Waals surface area contributed by atoms with Crippen LogP contribution in [0.1, 0.15) is 96.1 Å². The van der Waals surface area contributed by atoms with E-state index in [9.17, 15) is 0 Å². The molecule has 0 aliphatic heterocycles. The third kappa shape index (κ3) is 9.31. The van der Waals surface area contributed by atoms with Crippen LogP contribution in [-0.2, 0) is 0 Å². The van der Waals surface area contributed by atoms with Crippen molar-refractivity contribution in [3.63, 3.8) is 0 Å². The normalized spacial score (nSPS) is 12.7. The van der Waals surface area contributed by atoms with Gasteiger partial charge in [-0.2, -0.15) is 11.3 Å². The van der Waals surface area contributed by atoms with E-state index in [0.717, 1.165) is 6.54 Å². The maximum Gasteiger partial charge on any atom is 0.0328 e. The van der Waals surface area contributed by atoms with Crippen molar-refractivity contribution in [1.29, 1.82) is 0 Å². The summed E-state index contributed by atoms with van der Waals surface area (Å²) in [6, 6.07) is 2.85. The molecule has 1 nitrogen and oxygen atoms in total. The van der Waals surface area contributed by atoms with E-state index in [1.807, 2.05) is 11.3 Å². The van der Waals surface area contributed by atoms with Gasteiger partial charge in [0, 0.05) is 6.04 Å². The quantitative estimate of drug-likeness (QED) is 0.377. The van der Waals surface area contributed by atoms with Crippen LogP contribution >= 0.6 is 11.3 Å². The average Bonchev–Trinajstić information content (AvgIpc) is 3.02. The molecule has 21 heavy (non-hydrogen) atoms. The molecule has 1 N–H and O–H groups in total. The highest BCUT2D eigenvalue weighted by Crippen LogP contribution is 2.22. The van der Waals surface area contributed by atoms with Crippen molar-refractivity contribution in [3.8, 4) is 0 Å². The van der Waals surface area contributed by atoms with Gasteiger partial charge in [-0.3, -0.25) is 0 Å². The van der Waals surface area contributed by atoms with Crippen LogP contribution in [-0.4, -0.2) is 6.54 Å². The van der Waals surface area contributed by atoms with Crippen molar-refractivity contribution >= 4 is 11.3 Å². The van der Waals surface area contributed by atoms with Crippen molar-refractivity contribution < 1.29 is 0 Å². The molecule has 1 aromatic heterocycles. The lowest BCUT2D eigenvalue weighted by atomic mass is 10.0. The summed E-state index contributed by atoms with van der Waals surface area (Å²) >= 11 is 1.81. The van der Waals surface area contributed by atoms with Gasteiger partial charge in [-0.1, -0.05) is 78.1 Å². The average molecular weight is 310 g/mol. The van der Waals surface area contributed by atoms with Crippen molar-refractivity contribution in [2.45, 2.75) is 90.5 Å². The van der Waals surface area contributed by atoms with Gasteiger partial charge in [0.15, 0.2) is 0 Å². The summed E-state index contributed by atoms with van der Waals surface area (Å²) in [6.07, 6.45) is 15.5. The van der Waals surface area contributed by atoms with Crippen LogP contribution in [0, 0.1) is 0 Å². The zero-order chi connectivity index (χ0) is 15.2. The summed E-state index contributed by atoms with van der Waals surface area (Å²) in [5.74, 6) is 0. The summed E-state index contributed by atoms with van der Waals surface area (Å²) in [5.41, 5.74) is 1.48. The molecule has 1 atom stereocenters. The van der Waals surface area contributed by atoms with E-state index < -0.39 is 0 Å². The van der Waals surface area contributed by atoms with E-state index in [2.05, 4.69) is 36.0 Å². The predicted molar refractivity (Wildman–Crippen MR) is 97.2 cm³/mol. The van der Waals surface area contributed by atoms with Crippen LogP contribution in [0.15, 0.2) is 16.8 Å². The Morgan fingerprint density at radius 3 is 2.05 bits per heavy atom. The van der Waals surface area contributed by atoms with Crippen molar-refractivity contribution in [1.82, 2.24) is 5.32 Å². The fourth-order valence-electron chi connectivity index (χ4n) is 2.94. The number of thiophene rings is 1. The molecule has 1 heterocycles. The Morgan fingerprint density at radius 1 is 0.905 bits per heavy atom. The zero-order valence-corrected chi connectivity index (χ0v) is 15.0. The summed E-state index contributed by atoms with van der Waals surface area (Å²) < 4.78 is 0. The Hall–Kier alpha value is -0.340. The molecule has 122 valence electrons. The van der Waals surface area contributed by atoms with Crippen LogP contribution in [0.2, 0.25) is 0 Å². The molecular formula is C19H35NS. The van der Waals surface area contributed by atoms with Gasteiger partial charge in [-0.25, -0.2) is 0 Å². The first kappa shape index (κ1) is 18.7. The van der Waals surface area contributed by atoms with Crippen LogP contribution in [0.5, 0.6) is 0 Å². The Balaban J connectivity index is 1.97. The first-order chi connectivity index (χ1) is 10.4. The van der Waals surface area contributed by atoms with Crippen molar-refractivity contribution in [3.05, 3.63) is 22.4 Å². The molecular weight excluding hydrogens is 274 g/mol.